The number of nitrogens with one attached hydrogen (secondary N) is 1. The number of rotatable bonds is 7. The van der Waals surface area contributed by atoms with Crippen molar-refractivity contribution in [1.82, 2.24) is 5.32 Å². The molecule has 0 aliphatic carbocycles. The van der Waals surface area contributed by atoms with E-state index in [0.29, 0.717) is 6.42 Å². The maximum atomic E-state index is 12.3. The highest BCUT2D eigenvalue weighted by molar-refractivity contribution is 5.99. The average molecular weight is 301 g/mol. The van der Waals surface area contributed by atoms with Gasteiger partial charge >= 0.3 is 12.6 Å². The number of benzene rings is 1. The molecule has 1 unspecified atom stereocenters. The number of halogens is 2. The van der Waals surface area contributed by atoms with Gasteiger partial charge in [-0.1, -0.05) is 25.5 Å². The van der Waals surface area contributed by atoms with Crippen LogP contribution >= 0.6 is 0 Å². The fourth-order valence-electron chi connectivity index (χ4n) is 1.89. The Labute approximate surface area is 120 Å². The molecular weight excluding hydrogens is 284 g/mol. The monoisotopic (exact) mass is 301 g/mol. The minimum absolute atomic E-state index is 0.138. The molecule has 0 bridgehead atoms. The number of hydrogen-bond acceptors (Lipinski definition) is 3. The molecule has 0 heterocycles. The number of para-hydroxylation sites is 1. The van der Waals surface area contributed by atoms with E-state index in [9.17, 15) is 23.5 Å². The Bertz CT molecular complexity index is 521. The van der Waals surface area contributed by atoms with Crippen molar-refractivity contribution in [1.29, 1.82) is 0 Å². The first-order valence-electron chi connectivity index (χ1n) is 6.40. The van der Waals surface area contributed by atoms with Gasteiger partial charge in [-0.05, 0) is 25.5 Å². The van der Waals surface area contributed by atoms with Crippen LogP contribution in [0.3, 0.4) is 0 Å². The van der Waals surface area contributed by atoms with Gasteiger partial charge in [-0.3, -0.25) is 4.79 Å². The van der Waals surface area contributed by atoms with Crippen LogP contribution in [0.15, 0.2) is 24.3 Å². The van der Waals surface area contributed by atoms with E-state index in [4.69, 9.17) is 0 Å². The fourth-order valence-corrected chi connectivity index (χ4v) is 1.89. The summed E-state index contributed by atoms with van der Waals surface area (Å²) in [6, 6.07) is 5.43. The van der Waals surface area contributed by atoms with E-state index in [1.165, 1.54) is 31.2 Å². The summed E-state index contributed by atoms with van der Waals surface area (Å²) in [5.41, 5.74) is -1.61. The molecule has 116 valence electrons. The largest absolute Gasteiger partial charge is 0.480 e. The zero-order valence-electron chi connectivity index (χ0n) is 11.7. The molecule has 21 heavy (non-hydrogen) atoms. The smallest absolute Gasteiger partial charge is 0.387 e. The Hall–Kier alpha value is -2.18. The molecule has 2 N–H and O–H groups in total. The van der Waals surface area contributed by atoms with E-state index in [1.54, 1.807) is 6.92 Å². The predicted molar refractivity (Wildman–Crippen MR) is 71.5 cm³/mol. The molecule has 0 radical (unpaired) electrons. The van der Waals surface area contributed by atoms with Gasteiger partial charge < -0.3 is 15.2 Å². The molecule has 0 aromatic heterocycles. The molecular formula is C14H17F2NO4. The topological polar surface area (TPSA) is 75.6 Å². The minimum Gasteiger partial charge on any atom is -0.480 e. The molecule has 0 fully saturated rings. The van der Waals surface area contributed by atoms with Crippen molar-refractivity contribution >= 4 is 11.9 Å². The van der Waals surface area contributed by atoms with E-state index in [-0.39, 0.29) is 17.7 Å². The van der Waals surface area contributed by atoms with Crippen molar-refractivity contribution in [2.45, 2.75) is 38.8 Å². The van der Waals surface area contributed by atoms with Crippen LogP contribution in [-0.4, -0.2) is 29.1 Å². The molecule has 0 aliphatic heterocycles. The van der Waals surface area contributed by atoms with E-state index < -0.39 is 24.0 Å². The molecule has 1 atom stereocenters. The lowest BCUT2D eigenvalue weighted by Gasteiger charge is -2.26. The number of hydrogen-bond donors (Lipinski definition) is 2. The minimum atomic E-state index is -3.07. The highest BCUT2D eigenvalue weighted by Crippen LogP contribution is 2.22. The predicted octanol–water partition coefficient (Wildman–Crippen LogP) is 2.66. The number of amides is 1. The van der Waals surface area contributed by atoms with Crippen LogP contribution in [0.25, 0.3) is 0 Å². The van der Waals surface area contributed by atoms with Gasteiger partial charge in [-0.25, -0.2) is 4.79 Å². The van der Waals surface area contributed by atoms with Gasteiger partial charge in [-0.2, -0.15) is 8.78 Å². The number of aliphatic carboxylic acids is 1. The zero-order valence-corrected chi connectivity index (χ0v) is 11.7. The molecule has 0 aliphatic rings. The third kappa shape index (κ3) is 4.40. The lowest BCUT2D eigenvalue weighted by molar-refractivity contribution is -0.144. The second-order valence-electron chi connectivity index (χ2n) is 4.72. The summed E-state index contributed by atoms with van der Waals surface area (Å²) < 4.78 is 28.9. The normalized spacial score (nSPS) is 13.6. The third-order valence-corrected chi connectivity index (χ3v) is 2.96. The summed E-state index contributed by atoms with van der Waals surface area (Å²) in [7, 11) is 0. The standard InChI is InChI=1S/C14H17F2NO4/c1-3-8-14(2,12(19)20)17-11(18)9-6-4-5-7-10(9)21-13(15)16/h4-7,13H,3,8H2,1-2H3,(H,17,18)(H,19,20). The summed E-state index contributed by atoms with van der Waals surface area (Å²) in [6.07, 6.45) is 0.754. The SMILES string of the molecule is CCCC(C)(NC(=O)c1ccccc1OC(F)F)C(=O)O. The molecule has 0 saturated carbocycles. The second kappa shape index (κ2) is 7.01. The molecule has 1 aromatic carbocycles. The highest BCUT2D eigenvalue weighted by Gasteiger charge is 2.34. The number of ether oxygens (including phenoxy) is 1. The molecule has 1 amide bonds. The quantitative estimate of drug-likeness (QED) is 0.812. The average Bonchev–Trinajstić information content (AvgIpc) is 2.38. The Morgan fingerprint density at radius 3 is 2.52 bits per heavy atom. The number of carbonyl (C=O) groups excluding carboxylic acids is 1. The van der Waals surface area contributed by atoms with E-state index in [0.717, 1.165) is 0 Å². The summed E-state index contributed by atoms with van der Waals surface area (Å²) in [4.78, 5) is 23.4. The molecule has 5 nitrogen and oxygen atoms in total. The third-order valence-electron chi connectivity index (χ3n) is 2.96. The van der Waals surface area contributed by atoms with Crippen LogP contribution in [0.5, 0.6) is 5.75 Å². The van der Waals surface area contributed by atoms with Gasteiger partial charge in [0, 0.05) is 0 Å². The lowest BCUT2D eigenvalue weighted by Crippen LogP contribution is -2.52. The maximum Gasteiger partial charge on any atom is 0.387 e. The van der Waals surface area contributed by atoms with Gasteiger partial charge in [0.2, 0.25) is 0 Å². The Morgan fingerprint density at radius 2 is 2.00 bits per heavy atom. The van der Waals surface area contributed by atoms with Crippen molar-refractivity contribution in [3.63, 3.8) is 0 Å². The number of carboxylic acid groups (broad SMARTS) is 1. The van der Waals surface area contributed by atoms with Gasteiger partial charge in [0.05, 0.1) is 5.56 Å². The number of carbonyl (C=O) groups is 2. The first-order valence-corrected chi connectivity index (χ1v) is 6.40. The van der Waals surface area contributed by atoms with E-state index in [1.807, 2.05) is 0 Å². The Kier molecular flexibility index (Phi) is 5.63. The Morgan fingerprint density at radius 1 is 1.38 bits per heavy atom. The molecule has 1 rings (SSSR count). The summed E-state index contributed by atoms with van der Waals surface area (Å²) in [5.74, 6) is -2.26. The van der Waals surface area contributed by atoms with E-state index >= 15 is 0 Å². The maximum absolute atomic E-state index is 12.3. The van der Waals surface area contributed by atoms with E-state index in [2.05, 4.69) is 10.1 Å². The molecule has 0 spiro atoms. The highest BCUT2D eigenvalue weighted by atomic mass is 19.3. The molecule has 7 heteroatoms. The van der Waals surface area contributed by atoms with Crippen molar-refractivity contribution in [3.8, 4) is 5.75 Å². The van der Waals surface area contributed by atoms with Gasteiger partial charge in [-0.15, -0.1) is 0 Å². The van der Waals surface area contributed by atoms with Gasteiger partial charge in [0.15, 0.2) is 0 Å². The van der Waals surface area contributed by atoms with Crippen LogP contribution in [-0.2, 0) is 4.79 Å². The van der Waals surface area contributed by atoms with Gasteiger partial charge in [0.25, 0.3) is 5.91 Å². The molecule has 0 saturated heterocycles. The summed E-state index contributed by atoms with van der Waals surface area (Å²) in [5, 5.41) is 11.6. The lowest BCUT2D eigenvalue weighted by atomic mass is 9.95. The summed E-state index contributed by atoms with van der Waals surface area (Å²) in [6.45, 7) is 0.0783. The van der Waals surface area contributed by atoms with Crippen LogP contribution in [0, 0.1) is 0 Å². The van der Waals surface area contributed by atoms with Crippen molar-refractivity contribution < 1.29 is 28.2 Å². The van der Waals surface area contributed by atoms with Crippen LogP contribution in [0.4, 0.5) is 8.78 Å². The first kappa shape index (κ1) is 16.9. The van der Waals surface area contributed by atoms with Crippen molar-refractivity contribution in [3.05, 3.63) is 29.8 Å². The Balaban J connectivity index is 3.01. The summed E-state index contributed by atoms with van der Waals surface area (Å²) >= 11 is 0. The zero-order chi connectivity index (χ0) is 16.0. The van der Waals surface area contributed by atoms with Crippen LogP contribution in [0.1, 0.15) is 37.0 Å². The molecule has 1 aromatic rings. The number of carboxylic acids is 1. The first-order chi connectivity index (χ1) is 9.80. The van der Waals surface area contributed by atoms with Gasteiger partial charge in [0.1, 0.15) is 11.3 Å². The van der Waals surface area contributed by atoms with Crippen molar-refractivity contribution in [2.24, 2.45) is 0 Å². The van der Waals surface area contributed by atoms with Crippen LogP contribution in [0.2, 0.25) is 0 Å². The fraction of sp³-hybridized carbons (Fsp3) is 0.429. The van der Waals surface area contributed by atoms with Crippen LogP contribution < -0.4 is 10.1 Å². The van der Waals surface area contributed by atoms with Crippen molar-refractivity contribution in [2.75, 3.05) is 0 Å². The second-order valence-corrected chi connectivity index (χ2v) is 4.72. The number of alkyl halides is 2.